The molecule has 112 valence electrons. The average molecular weight is 287 g/mol. The van der Waals surface area contributed by atoms with Gasteiger partial charge in [-0.2, -0.15) is 5.10 Å². The van der Waals surface area contributed by atoms with Gasteiger partial charge in [0, 0.05) is 31.7 Å². The minimum absolute atomic E-state index is 0.418. The largest absolute Gasteiger partial charge is 0.468 e. The van der Waals surface area contributed by atoms with E-state index in [9.17, 15) is 0 Å². The Labute approximate surface area is 124 Å². The maximum absolute atomic E-state index is 5.64. The maximum Gasteiger partial charge on any atom is 0.117 e. The van der Waals surface area contributed by atoms with Crippen molar-refractivity contribution in [2.75, 3.05) is 19.8 Å². The third kappa shape index (κ3) is 3.62. The summed E-state index contributed by atoms with van der Waals surface area (Å²) in [4.78, 5) is 2.39. The van der Waals surface area contributed by atoms with Crippen LogP contribution in [0.3, 0.4) is 0 Å². The van der Waals surface area contributed by atoms with Crippen molar-refractivity contribution in [3.8, 4) is 0 Å². The van der Waals surface area contributed by atoms with Gasteiger partial charge < -0.3 is 9.15 Å². The van der Waals surface area contributed by atoms with Crippen LogP contribution in [0, 0.1) is 5.92 Å². The van der Waals surface area contributed by atoms with Crippen LogP contribution in [0.1, 0.15) is 11.5 Å². The van der Waals surface area contributed by atoms with E-state index in [1.54, 1.807) is 12.3 Å². The van der Waals surface area contributed by atoms with E-state index in [1.165, 1.54) is 5.69 Å². The van der Waals surface area contributed by atoms with E-state index in [0.29, 0.717) is 12.5 Å². The fourth-order valence-electron chi connectivity index (χ4n) is 2.79. The quantitative estimate of drug-likeness (QED) is 0.604. The number of hydrogen-bond donors (Lipinski definition) is 0. The Morgan fingerprint density at radius 3 is 3.19 bits per heavy atom. The molecule has 0 saturated heterocycles. The molecule has 0 bridgehead atoms. The normalized spacial score (nSPS) is 19.1. The molecule has 21 heavy (non-hydrogen) atoms. The van der Waals surface area contributed by atoms with Crippen molar-refractivity contribution in [3.05, 3.63) is 54.8 Å². The molecule has 0 radical (unpaired) electrons. The van der Waals surface area contributed by atoms with Crippen LogP contribution >= 0.6 is 0 Å². The van der Waals surface area contributed by atoms with Gasteiger partial charge in [-0.25, -0.2) is 0 Å². The number of aromatic nitrogens is 2. The molecule has 1 aliphatic heterocycles. The highest BCUT2D eigenvalue weighted by atomic mass is 16.5. The van der Waals surface area contributed by atoms with E-state index >= 15 is 0 Å². The summed E-state index contributed by atoms with van der Waals surface area (Å²) < 4.78 is 13.2. The molecule has 3 heterocycles. The van der Waals surface area contributed by atoms with Crippen molar-refractivity contribution in [3.63, 3.8) is 0 Å². The fraction of sp³-hybridized carbons (Fsp3) is 0.438. The zero-order valence-electron chi connectivity index (χ0n) is 12.1. The van der Waals surface area contributed by atoms with Crippen LogP contribution in [0.2, 0.25) is 0 Å². The van der Waals surface area contributed by atoms with E-state index in [-0.39, 0.29) is 0 Å². The zero-order chi connectivity index (χ0) is 14.5. The van der Waals surface area contributed by atoms with E-state index in [1.807, 2.05) is 18.3 Å². The molecule has 0 spiro atoms. The van der Waals surface area contributed by atoms with Crippen molar-refractivity contribution < 1.29 is 9.15 Å². The molecule has 0 fully saturated rings. The number of ether oxygens (including phenoxy) is 1. The summed E-state index contributed by atoms with van der Waals surface area (Å²) in [6, 6.07) is 6.04. The summed E-state index contributed by atoms with van der Waals surface area (Å²) in [5.41, 5.74) is 1.24. The molecule has 5 nitrogen and oxygen atoms in total. The molecule has 0 aliphatic carbocycles. The smallest absolute Gasteiger partial charge is 0.117 e. The molecule has 1 atom stereocenters. The lowest BCUT2D eigenvalue weighted by Crippen LogP contribution is -2.30. The first kappa shape index (κ1) is 14.1. The molecule has 0 amide bonds. The summed E-state index contributed by atoms with van der Waals surface area (Å²) in [7, 11) is 0. The molecule has 0 unspecified atom stereocenters. The topological polar surface area (TPSA) is 43.4 Å². The van der Waals surface area contributed by atoms with Gasteiger partial charge in [0.25, 0.3) is 0 Å². The molecule has 0 saturated carbocycles. The lowest BCUT2D eigenvalue weighted by atomic mass is 10.1. The molecular weight excluding hydrogens is 266 g/mol. The third-order valence-corrected chi connectivity index (χ3v) is 3.69. The van der Waals surface area contributed by atoms with Gasteiger partial charge in [-0.05, 0) is 18.2 Å². The first-order valence-corrected chi connectivity index (χ1v) is 7.29. The van der Waals surface area contributed by atoms with E-state index in [4.69, 9.17) is 9.15 Å². The third-order valence-electron chi connectivity index (χ3n) is 3.69. The Bertz CT molecular complexity index is 562. The van der Waals surface area contributed by atoms with Crippen LogP contribution in [-0.4, -0.2) is 34.4 Å². The van der Waals surface area contributed by atoms with Crippen LogP contribution in [-0.2, 0) is 24.4 Å². The lowest BCUT2D eigenvalue weighted by molar-refractivity contribution is 0.0914. The maximum atomic E-state index is 5.64. The number of furan rings is 1. The molecule has 0 N–H and O–H groups in total. The van der Waals surface area contributed by atoms with Gasteiger partial charge in [-0.15, -0.1) is 6.58 Å². The molecule has 2 aromatic rings. The van der Waals surface area contributed by atoms with E-state index in [0.717, 1.165) is 38.5 Å². The summed E-state index contributed by atoms with van der Waals surface area (Å²) in [5, 5.41) is 4.42. The van der Waals surface area contributed by atoms with Gasteiger partial charge >= 0.3 is 0 Å². The molecule has 2 aromatic heterocycles. The number of nitrogens with zero attached hydrogens (tertiary/aromatic N) is 3. The van der Waals surface area contributed by atoms with E-state index < -0.39 is 0 Å². The first-order valence-electron chi connectivity index (χ1n) is 7.29. The van der Waals surface area contributed by atoms with Crippen molar-refractivity contribution in [1.82, 2.24) is 14.7 Å². The minimum Gasteiger partial charge on any atom is -0.468 e. The van der Waals surface area contributed by atoms with Gasteiger partial charge in [-0.3, -0.25) is 9.58 Å². The lowest BCUT2D eigenvalue weighted by Gasteiger charge is -2.22. The Balaban J connectivity index is 1.69. The standard InChI is InChI=1S/C16H21N3O2/c1-2-7-20-13-14-9-18(12-16-4-3-8-21-16)11-15-5-6-17-19(15)10-14/h2-6,8,14H,1,7,9-13H2/t14-/m0/s1. The zero-order valence-corrected chi connectivity index (χ0v) is 12.1. The highest BCUT2D eigenvalue weighted by molar-refractivity contribution is 5.04. The molecule has 1 aliphatic rings. The number of fused-ring (bicyclic) bond motifs is 1. The van der Waals surface area contributed by atoms with Crippen molar-refractivity contribution >= 4 is 0 Å². The number of hydrogen-bond acceptors (Lipinski definition) is 4. The predicted octanol–water partition coefficient (Wildman–Crippen LogP) is 2.31. The second kappa shape index (κ2) is 6.74. The van der Waals surface area contributed by atoms with Crippen LogP contribution in [0.15, 0.2) is 47.7 Å². The monoisotopic (exact) mass is 287 g/mol. The van der Waals surface area contributed by atoms with Crippen molar-refractivity contribution in [2.24, 2.45) is 5.92 Å². The number of rotatable bonds is 6. The van der Waals surface area contributed by atoms with Crippen LogP contribution in [0.25, 0.3) is 0 Å². The Kier molecular flexibility index (Phi) is 4.52. The molecule has 0 aromatic carbocycles. The summed E-state index contributed by atoms with van der Waals surface area (Å²) in [6.45, 7) is 8.58. The second-order valence-corrected chi connectivity index (χ2v) is 5.45. The molecule has 3 rings (SSSR count). The minimum atomic E-state index is 0.418. The van der Waals surface area contributed by atoms with Gasteiger partial charge in [0.05, 0.1) is 31.7 Å². The first-order chi connectivity index (χ1) is 10.3. The van der Waals surface area contributed by atoms with Crippen LogP contribution in [0.4, 0.5) is 0 Å². The molecular formula is C16H21N3O2. The highest BCUT2D eigenvalue weighted by Crippen LogP contribution is 2.18. The summed E-state index contributed by atoms with van der Waals surface area (Å²) >= 11 is 0. The fourth-order valence-corrected chi connectivity index (χ4v) is 2.79. The van der Waals surface area contributed by atoms with Crippen LogP contribution in [0.5, 0.6) is 0 Å². The van der Waals surface area contributed by atoms with Crippen molar-refractivity contribution in [1.29, 1.82) is 0 Å². The van der Waals surface area contributed by atoms with Crippen LogP contribution < -0.4 is 0 Å². The van der Waals surface area contributed by atoms with Gasteiger partial charge in [0.2, 0.25) is 0 Å². The van der Waals surface area contributed by atoms with E-state index in [2.05, 4.69) is 27.3 Å². The van der Waals surface area contributed by atoms with Crippen molar-refractivity contribution in [2.45, 2.75) is 19.6 Å². The Hall–Kier alpha value is -1.85. The average Bonchev–Trinajstić information content (AvgIpc) is 3.09. The molecule has 5 heteroatoms. The summed E-state index contributed by atoms with van der Waals surface area (Å²) in [6.07, 6.45) is 5.38. The SMILES string of the molecule is C=CCOC[C@H]1CN(Cc2ccco2)Cc2ccnn2C1. The second-order valence-electron chi connectivity index (χ2n) is 5.45. The van der Waals surface area contributed by atoms with Gasteiger partial charge in [-0.1, -0.05) is 6.08 Å². The Morgan fingerprint density at radius 2 is 2.38 bits per heavy atom. The predicted molar refractivity (Wildman–Crippen MR) is 79.6 cm³/mol. The summed E-state index contributed by atoms with van der Waals surface area (Å²) in [5.74, 6) is 1.41. The van der Waals surface area contributed by atoms with Gasteiger partial charge in [0.1, 0.15) is 5.76 Å². The highest BCUT2D eigenvalue weighted by Gasteiger charge is 2.23. The van der Waals surface area contributed by atoms with Gasteiger partial charge in [0.15, 0.2) is 0 Å². The Morgan fingerprint density at radius 1 is 1.43 bits per heavy atom.